The largest absolute Gasteiger partial charge is 0.497 e. The van der Waals surface area contributed by atoms with E-state index in [-0.39, 0.29) is 11.5 Å². The molecule has 2 fully saturated rings. The van der Waals surface area contributed by atoms with Gasteiger partial charge in [-0.25, -0.2) is 13.1 Å². The van der Waals surface area contributed by atoms with Gasteiger partial charge in [0.2, 0.25) is 10.0 Å². The van der Waals surface area contributed by atoms with E-state index in [1.807, 2.05) is 12.1 Å². The molecule has 3 rings (SSSR count). The molecule has 1 atom stereocenters. The van der Waals surface area contributed by atoms with Crippen molar-refractivity contribution in [3.05, 3.63) is 29.8 Å². The van der Waals surface area contributed by atoms with E-state index in [9.17, 15) is 8.42 Å². The molecule has 2 heterocycles. The number of nitrogens with zero attached hydrogens (tertiary/aromatic N) is 1. The first-order valence-electron chi connectivity index (χ1n) is 8.31. The van der Waals surface area contributed by atoms with Crippen LogP contribution in [0.2, 0.25) is 0 Å². The standard InChI is InChI=1S/C17H26N2O4S/c1-22-16-5-3-14(4-6-16)10-19-12-17(13-19)8-7-15(11-23-17)9-18-24(2,20)21/h3-6,15,18H,7-13H2,1-2H3. The van der Waals surface area contributed by atoms with Gasteiger partial charge in [-0.1, -0.05) is 12.1 Å². The van der Waals surface area contributed by atoms with Crippen LogP contribution in [0.3, 0.4) is 0 Å². The molecule has 1 unspecified atom stereocenters. The van der Waals surface area contributed by atoms with E-state index in [2.05, 4.69) is 21.8 Å². The van der Waals surface area contributed by atoms with Crippen molar-refractivity contribution in [1.82, 2.24) is 9.62 Å². The molecule has 0 aliphatic carbocycles. The number of methoxy groups -OCH3 is 1. The SMILES string of the molecule is COc1ccc(CN2CC3(CCC(CNS(C)(=O)=O)CO3)C2)cc1. The molecular weight excluding hydrogens is 328 g/mol. The van der Waals surface area contributed by atoms with Gasteiger partial charge in [0.25, 0.3) is 0 Å². The maximum absolute atomic E-state index is 11.2. The highest BCUT2D eigenvalue weighted by Crippen LogP contribution is 2.36. The van der Waals surface area contributed by atoms with E-state index in [1.54, 1.807) is 7.11 Å². The highest BCUT2D eigenvalue weighted by atomic mass is 32.2. The van der Waals surface area contributed by atoms with Crippen molar-refractivity contribution in [2.24, 2.45) is 5.92 Å². The summed E-state index contributed by atoms with van der Waals surface area (Å²) in [5, 5.41) is 0. The topological polar surface area (TPSA) is 67.9 Å². The van der Waals surface area contributed by atoms with Gasteiger partial charge < -0.3 is 9.47 Å². The zero-order valence-corrected chi connectivity index (χ0v) is 15.1. The average Bonchev–Trinajstić information content (AvgIpc) is 2.53. The molecule has 134 valence electrons. The van der Waals surface area contributed by atoms with Crippen molar-refractivity contribution in [3.63, 3.8) is 0 Å². The lowest BCUT2D eigenvalue weighted by atomic mass is 9.83. The third-order valence-electron chi connectivity index (χ3n) is 4.86. The molecule has 2 saturated heterocycles. The molecule has 0 bridgehead atoms. The maximum Gasteiger partial charge on any atom is 0.208 e. The van der Waals surface area contributed by atoms with E-state index >= 15 is 0 Å². The van der Waals surface area contributed by atoms with Gasteiger partial charge in [0.1, 0.15) is 5.75 Å². The Bertz CT molecular complexity index is 644. The summed E-state index contributed by atoms with van der Waals surface area (Å²) in [5.74, 6) is 1.16. The number of ether oxygens (including phenoxy) is 2. The number of benzene rings is 1. The summed E-state index contributed by atoms with van der Waals surface area (Å²) in [7, 11) is -1.44. The van der Waals surface area contributed by atoms with Crippen LogP contribution in [-0.4, -0.2) is 58.5 Å². The lowest BCUT2D eigenvalue weighted by Crippen LogP contribution is -2.64. The van der Waals surface area contributed by atoms with E-state index in [4.69, 9.17) is 9.47 Å². The molecule has 2 aliphatic heterocycles. The number of hydrogen-bond acceptors (Lipinski definition) is 5. The molecule has 7 heteroatoms. The molecule has 0 aromatic heterocycles. The van der Waals surface area contributed by atoms with Crippen LogP contribution in [0.15, 0.2) is 24.3 Å². The fourth-order valence-corrected chi connectivity index (χ4v) is 4.01. The molecule has 0 saturated carbocycles. The summed E-state index contributed by atoms with van der Waals surface area (Å²) < 4.78 is 36.2. The molecular formula is C17H26N2O4S. The summed E-state index contributed by atoms with van der Waals surface area (Å²) in [4.78, 5) is 2.39. The second-order valence-electron chi connectivity index (χ2n) is 7.01. The van der Waals surface area contributed by atoms with Crippen LogP contribution in [-0.2, 0) is 21.3 Å². The fourth-order valence-electron chi connectivity index (χ4n) is 3.47. The fraction of sp³-hybridized carbons (Fsp3) is 0.647. The van der Waals surface area contributed by atoms with Crippen molar-refractivity contribution in [2.75, 3.05) is 39.6 Å². The van der Waals surface area contributed by atoms with Gasteiger partial charge in [-0.05, 0) is 36.5 Å². The van der Waals surface area contributed by atoms with Gasteiger partial charge in [-0.15, -0.1) is 0 Å². The van der Waals surface area contributed by atoms with Crippen LogP contribution in [0.4, 0.5) is 0 Å². The first-order chi connectivity index (χ1) is 11.4. The third kappa shape index (κ3) is 4.47. The van der Waals surface area contributed by atoms with Crippen molar-refractivity contribution in [1.29, 1.82) is 0 Å². The smallest absolute Gasteiger partial charge is 0.208 e. The maximum atomic E-state index is 11.2. The minimum absolute atomic E-state index is 0.0198. The Morgan fingerprint density at radius 1 is 1.33 bits per heavy atom. The lowest BCUT2D eigenvalue weighted by Gasteiger charge is -2.53. The van der Waals surface area contributed by atoms with Crippen LogP contribution in [0.25, 0.3) is 0 Å². The number of hydrogen-bond donors (Lipinski definition) is 1. The van der Waals surface area contributed by atoms with Gasteiger partial charge in [-0.2, -0.15) is 0 Å². The Balaban J connectivity index is 1.41. The zero-order chi connectivity index (χ0) is 17.2. The third-order valence-corrected chi connectivity index (χ3v) is 5.55. The van der Waals surface area contributed by atoms with Gasteiger partial charge in [0.15, 0.2) is 0 Å². The molecule has 1 aromatic rings. The molecule has 1 N–H and O–H groups in total. The number of sulfonamides is 1. The summed E-state index contributed by atoms with van der Waals surface area (Å²) in [5.41, 5.74) is 1.25. The molecule has 6 nitrogen and oxygen atoms in total. The van der Waals surface area contributed by atoms with Crippen LogP contribution < -0.4 is 9.46 Å². The summed E-state index contributed by atoms with van der Waals surface area (Å²) in [6, 6.07) is 8.17. The van der Waals surface area contributed by atoms with Crippen LogP contribution >= 0.6 is 0 Å². The van der Waals surface area contributed by atoms with Gasteiger partial charge in [-0.3, -0.25) is 4.90 Å². The molecule has 2 aliphatic rings. The van der Waals surface area contributed by atoms with Crippen molar-refractivity contribution in [2.45, 2.75) is 25.0 Å². The van der Waals surface area contributed by atoms with Gasteiger partial charge in [0, 0.05) is 26.2 Å². The second-order valence-corrected chi connectivity index (χ2v) is 8.85. The predicted octanol–water partition coefficient (Wildman–Crippen LogP) is 1.23. The monoisotopic (exact) mass is 354 g/mol. The van der Waals surface area contributed by atoms with Gasteiger partial charge in [0.05, 0.1) is 25.6 Å². The van der Waals surface area contributed by atoms with E-state index in [0.29, 0.717) is 13.2 Å². The quantitative estimate of drug-likeness (QED) is 0.832. The molecule has 24 heavy (non-hydrogen) atoms. The van der Waals surface area contributed by atoms with Crippen molar-refractivity contribution in [3.8, 4) is 5.75 Å². The first-order valence-corrected chi connectivity index (χ1v) is 10.2. The normalized spacial score (nSPS) is 23.8. The van der Waals surface area contributed by atoms with E-state index in [1.165, 1.54) is 11.8 Å². The van der Waals surface area contributed by atoms with E-state index in [0.717, 1.165) is 38.2 Å². The Morgan fingerprint density at radius 2 is 2.04 bits per heavy atom. The number of rotatable bonds is 6. The molecule has 1 aromatic carbocycles. The van der Waals surface area contributed by atoms with Crippen LogP contribution in [0.1, 0.15) is 18.4 Å². The molecule has 0 radical (unpaired) electrons. The lowest BCUT2D eigenvalue weighted by molar-refractivity contribution is -0.181. The summed E-state index contributed by atoms with van der Waals surface area (Å²) in [6.45, 7) is 3.94. The number of likely N-dealkylation sites (tertiary alicyclic amines) is 1. The minimum Gasteiger partial charge on any atom is -0.497 e. The average molecular weight is 354 g/mol. The Labute approximate surface area is 144 Å². The highest BCUT2D eigenvalue weighted by Gasteiger charge is 2.46. The van der Waals surface area contributed by atoms with Gasteiger partial charge >= 0.3 is 0 Å². The summed E-state index contributed by atoms with van der Waals surface area (Å²) >= 11 is 0. The summed E-state index contributed by atoms with van der Waals surface area (Å²) in [6.07, 6.45) is 3.21. The second kappa shape index (κ2) is 7.00. The van der Waals surface area contributed by atoms with Crippen molar-refractivity contribution >= 4 is 10.0 Å². The Kier molecular flexibility index (Phi) is 5.15. The van der Waals surface area contributed by atoms with Crippen LogP contribution in [0, 0.1) is 5.92 Å². The van der Waals surface area contributed by atoms with E-state index < -0.39 is 10.0 Å². The Morgan fingerprint density at radius 3 is 2.58 bits per heavy atom. The zero-order valence-electron chi connectivity index (χ0n) is 14.3. The van der Waals surface area contributed by atoms with Crippen molar-refractivity contribution < 1.29 is 17.9 Å². The first kappa shape index (κ1) is 17.7. The minimum atomic E-state index is -3.11. The van der Waals surface area contributed by atoms with Crippen LogP contribution in [0.5, 0.6) is 5.75 Å². The Hall–Kier alpha value is -1.15. The molecule has 0 amide bonds. The highest BCUT2D eigenvalue weighted by molar-refractivity contribution is 7.88. The number of nitrogens with one attached hydrogen (secondary N) is 1. The molecule has 1 spiro atoms. The predicted molar refractivity (Wildman–Crippen MR) is 92.5 cm³/mol.